The summed E-state index contributed by atoms with van der Waals surface area (Å²) in [6, 6.07) is 12.2. The van der Waals surface area contributed by atoms with Crippen LogP contribution in [0.15, 0.2) is 48.5 Å². The van der Waals surface area contributed by atoms with Gasteiger partial charge < -0.3 is 16.4 Å². The first-order valence-electron chi connectivity index (χ1n) is 6.28. The molecule has 0 saturated heterocycles. The topological polar surface area (TPSA) is 91.0 Å². The first-order valence-corrected chi connectivity index (χ1v) is 6.28. The first-order chi connectivity index (χ1) is 10.0. The summed E-state index contributed by atoms with van der Waals surface area (Å²) in [5.41, 5.74) is 7.17. The van der Waals surface area contributed by atoms with Crippen LogP contribution in [-0.2, 0) is 6.42 Å². The molecule has 0 spiro atoms. The Morgan fingerprint density at radius 3 is 2.38 bits per heavy atom. The minimum atomic E-state index is -0.458. The molecule has 0 unspecified atom stereocenters. The van der Waals surface area contributed by atoms with Crippen LogP contribution >= 0.6 is 0 Å². The molecule has 2 amide bonds. The third-order valence-corrected chi connectivity index (χ3v) is 2.69. The molecule has 0 atom stereocenters. The Balaban J connectivity index is 1.95. The van der Waals surface area contributed by atoms with E-state index in [1.165, 1.54) is 18.2 Å². The minimum absolute atomic E-state index is 0.0829. The Morgan fingerprint density at radius 1 is 1.10 bits per heavy atom. The van der Waals surface area contributed by atoms with Crippen molar-refractivity contribution in [1.82, 2.24) is 0 Å². The fourth-order valence-electron chi connectivity index (χ4n) is 1.79. The van der Waals surface area contributed by atoms with E-state index in [2.05, 4.69) is 10.6 Å². The third kappa shape index (κ3) is 4.61. The zero-order valence-electron chi connectivity index (χ0n) is 11.2. The average Bonchev–Trinajstić information content (AvgIpc) is 2.40. The Kier molecular flexibility index (Phi) is 4.50. The van der Waals surface area contributed by atoms with Gasteiger partial charge in [-0.15, -0.1) is 0 Å². The Hall–Kier alpha value is -2.89. The van der Waals surface area contributed by atoms with Crippen LogP contribution in [0.3, 0.4) is 0 Å². The molecule has 0 radical (unpaired) electrons. The van der Waals surface area contributed by atoms with Gasteiger partial charge in [-0.3, -0.25) is 5.41 Å². The van der Waals surface area contributed by atoms with Gasteiger partial charge in [0, 0.05) is 17.8 Å². The van der Waals surface area contributed by atoms with Gasteiger partial charge in [0.25, 0.3) is 0 Å². The number of rotatable bonds is 4. The van der Waals surface area contributed by atoms with E-state index in [-0.39, 0.29) is 5.84 Å². The summed E-state index contributed by atoms with van der Waals surface area (Å²) in [6.45, 7) is 0. The SMILES string of the molecule is N=C(N)Cc1ccc(NC(=O)Nc2cccc(F)c2)cc1. The lowest BCUT2D eigenvalue weighted by molar-refractivity contribution is 0.262. The number of hydrogen-bond donors (Lipinski definition) is 4. The summed E-state index contributed by atoms with van der Waals surface area (Å²) in [4.78, 5) is 11.8. The number of nitrogens with two attached hydrogens (primary N) is 1. The highest BCUT2D eigenvalue weighted by atomic mass is 19.1. The monoisotopic (exact) mass is 286 g/mol. The number of halogens is 1. The number of amides is 2. The van der Waals surface area contributed by atoms with E-state index < -0.39 is 11.8 Å². The van der Waals surface area contributed by atoms with Crippen LogP contribution in [-0.4, -0.2) is 11.9 Å². The second-order valence-electron chi connectivity index (χ2n) is 4.49. The highest BCUT2D eigenvalue weighted by Gasteiger charge is 2.04. The molecule has 0 saturated carbocycles. The summed E-state index contributed by atoms with van der Waals surface area (Å²) in [5, 5.41) is 12.4. The fraction of sp³-hybridized carbons (Fsp3) is 0.0667. The smallest absolute Gasteiger partial charge is 0.323 e. The van der Waals surface area contributed by atoms with E-state index in [9.17, 15) is 9.18 Å². The second-order valence-corrected chi connectivity index (χ2v) is 4.49. The van der Waals surface area contributed by atoms with Gasteiger partial charge >= 0.3 is 6.03 Å². The maximum atomic E-state index is 13.0. The van der Waals surface area contributed by atoms with E-state index in [4.69, 9.17) is 11.1 Å². The van der Waals surface area contributed by atoms with Gasteiger partial charge in [0.05, 0.1) is 5.84 Å². The molecule has 5 nitrogen and oxygen atoms in total. The lowest BCUT2D eigenvalue weighted by atomic mass is 10.1. The number of urea groups is 1. The molecule has 0 aliphatic heterocycles. The van der Waals surface area contributed by atoms with Gasteiger partial charge in [0.1, 0.15) is 5.82 Å². The van der Waals surface area contributed by atoms with Crippen LogP contribution in [0.4, 0.5) is 20.6 Å². The van der Waals surface area contributed by atoms with Crippen molar-refractivity contribution in [3.63, 3.8) is 0 Å². The maximum absolute atomic E-state index is 13.0. The quantitative estimate of drug-likeness (QED) is 0.514. The Morgan fingerprint density at radius 2 is 1.76 bits per heavy atom. The molecular weight excluding hydrogens is 271 g/mol. The highest BCUT2D eigenvalue weighted by Crippen LogP contribution is 2.12. The van der Waals surface area contributed by atoms with Gasteiger partial charge in [0.2, 0.25) is 0 Å². The molecule has 0 aliphatic rings. The zero-order valence-corrected chi connectivity index (χ0v) is 11.2. The van der Waals surface area contributed by atoms with Gasteiger partial charge in [-0.2, -0.15) is 0 Å². The summed E-state index contributed by atoms with van der Waals surface area (Å²) < 4.78 is 13.0. The van der Waals surface area contributed by atoms with Crippen LogP contribution in [0.25, 0.3) is 0 Å². The van der Waals surface area contributed by atoms with Crippen molar-refractivity contribution in [2.24, 2.45) is 5.73 Å². The van der Waals surface area contributed by atoms with Crippen LogP contribution < -0.4 is 16.4 Å². The molecule has 21 heavy (non-hydrogen) atoms. The molecule has 0 aromatic heterocycles. The molecule has 6 heteroatoms. The fourth-order valence-corrected chi connectivity index (χ4v) is 1.79. The maximum Gasteiger partial charge on any atom is 0.323 e. The van der Waals surface area contributed by atoms with Gasteiger partial charge in [-0.05, 0) is 35.9 Å². The summed E-state index contributed by atoms with van der Waals surface area (Å²) in [5.74, 6) is -0.332. The van der Waals surface area contributed by atoms with Crippen molar-refractivity contribution in [3.05, 3.63) is 59.9 Å². The van der Waals surface area contributed by atoms with E-state index >= 15 is 0 Å². The minimum Gasteiger partial charge on any atom is -0.387 e. The Bertz CT molecular complexity index is 655. The molecule has 0 fully saturated rings. The number of carbonyl (C=O) groups is 1. The highest BCUT2D eigenvalue weighted by molar-refractivity contribution is 5.99. The van der Waals surface area contributed by atoms with Crippen LogP contribution in [0.1, 0.15) is 5.56 Å². The first kappa shape index (κ1) is 14.5. The molecule has 2 aromatic carbocycles. The number of anilines is 2. The van der Waals surface area contributed by atoms with E-state index in [0.29, 0.717) is 17.8 Å². The predicted octanol–water partition coefficient (Wildman–Crippen LogP) is 2.95. The average molecular weight is 286 g/mol. The number of amidine groups is 1. The normalized spacial score (nSPS) is 9.95. The molecule has 0 aliphatic carbocycles. The van der Waals surface area contributed by atoms with Crippen molar-refractivity contribution in [2.45, 2.75) is 6.42 Å². The van der Waals surface area contributed by atoms with Gasteiger partial charge in [-0.1, -0.05) is 18.2 Å². The molecule has 2 aromatic rings. The second kappa shape index (κ2) is 6.51. The molecule has 2 rings (SSSR count). The summed E-state index contributed by atoms with van der Waals surface area (Å²) >= 11 is 0. The molecule has 5 N–H and O–H groups in total. The Labute approximate surface area is 121 Å². The van der Waals surface area contributed by atoms with Crippen molar-refractivity contribution in [1.29, 1.82) is 5.41 Å². The van der Waals surface area contributed by atoms with Crippen LogP contribution in [0.2, 0.25) is 0 Å². The van der Waals surface area contributed by atoms with E-state index in [0.717, 1.165) is 5.56 Å². The van der Waals surface area contributed by atoms with Crippen LogP contribution in [0.5, 0.6) is 0 Å². The standard InChI is InChI=1S/C15H15FN4O/c16-11-2-1-3-13(9-11)20-15(21)19-12-6-4-10(5-7-12)8-14(17)18/h1-7,9H,8H2,(H3,17,18)(H2,19,20,21). The molecule has 0 heterocycles. The third-order valence-electron chi connectivity index (χ3n) is 2.69. The van der Waals surface area contributed by atoms with Crippen molar-refractivity contribution in [2.75, 3.05) is 10.6 Å². The number of benzene rings is 2. The zero-order chi connectivity index (χ0) is 15.2. The van der Waals surface area contributed by atoms with E-state index in [1.807, 2.05) is 0 Å². The summed E-state index contributed by atoms with van der Waals surface area (Å²) in [7, 11) is 0. The number of nitrogens with one attached hydrogen (secondary N) is 3. The van der Waals surface area contributed by atoms with Crippen molar-refractivity contribution in [3.8, 4) is 0 Å². The molecule has 108 valence electrons. The molecular formula is C15H15FN4O. The van der Waals surface area contributed by atoms with Gasteiger partial charge in [0.15, 0.2) is 0 Å². The predicted molar refractivity (Wildman–Crippen MR) is 81.1 cm³/mol. The number of carbonyl (C=O) groups excluding carboxylic acids is 1. The van der Waals surface area contributed by atoms with Crippen molar-refractivity contribution < 1.29 is 9.18 Å². The van der Waals surface area contributed by atoms with Crippen molar-refractivity contribution >= 4 is 23.2 Å². The lowest BCUT2D eigenvalue weighted by Gasteiger charge is -2.08. The van der Waals surface area contributed by atoms with E-state index in [1.54, 1.807) is 30.3 Å². The van der Waals surface area contributed by atoms with Gasteiger partial charge in [-0.25, -0.2) is 9.18 Å². The summed E-state index contributed by atoms with van der Waals surface area (Å²) in [6.07, 6.45) is 0.371. The van der Waals surface area contributed by atoms with Crippen LogP contribution in [0, 0.1) is 11.2 Å². The number of hydrogen-bond acceptors (Lipinski definition) is 2. The lowest BCUT2D eigenvalue weighted by Crippen LogP contribution is -2.19. The largest absolute Gasteiger partial charge is 0.387 e. The molecule has 0 bridgehead atoms.